The number of carbonyl (C=O) groups is 2. The molecule has 0 saturated carbocycles. The lowest BCUT2D eigenvalue weighted by Gasteiger charge is -2.41. The molecule has 0 bridgehead atoms. The second-order valence-corrected chi connectivity index (χ2v) is 10.2. The van der Waals surface area contributed by atoms with Crippen LogP contribution in [0.3, 0.4) is 0 Å². The number of benzene rings is 2. The quantitative estimate of drug-likeness (QED) is 0.419. The minimum atomic E-state index is -0.931. The van der Waals surface area contributed by atoms with Crippen molar-refractivity contribution in [1.29, 1.82) is 0 Å². The van der Waals surface area contributed by atoms with E-state index in [0.717, 1.165) is 44.7 Å². The number of thioether (sulfide) groups is 1. The van der Waals surface area contributed by atoms with E-state index >= 15 is 0 Å². The third-order valence-corrected chi connectivity index (χ3v) is 7.35. The van der Waals surface area contributed by atoms with Crippen LogP contribution in [0, 0.1) is 0 Å². The summed E-state index contributed by atoms with van der Waals surface area (Å²) in [5, 5.41) is 10.0. The van der Waals surface area contributed by atoms with Gasteiger partial charge in [-0.2, -0.15) is 11.8 Å². The van der Waals surface area contributed by atoms with Crippen LogP contribution in [0.1, 0.15) is 40.9 Å². The first-order chi connectivity index (χ1) is 17.5. The molecule has 8 heteroatoms. The van der Waals surface area contributed by atoms with E-state index in [9.17, 15) is 14.7 Å². The second-order valence-electron chi connectivity index (χ2n) is 9.24. The maximum absolute atomic E-state index is 13.5. The molecule has 1 atom stereocenters. The van der Waals surface area contributed by atoms with Crippen LogP contribution in [-0.4, -0.2) is 73.5 Å². The van der Waals surface area contributed by atoms with Gasteiger partial charge >= 0.3 is 5.97 Å². The molecule has 0 spiro atoms. The van der Waals surface area contributed by atoms with E-state index < -0.39 is 12.0 Å². The molecule has 1 aromatic heterocycles. The molecule has 1 saturated heterocycles. The topological polar surface area (TPSA) is 78.7 Å². The number of imidazole rings is 1. The molecule has 0 aliphatic carbocycles. The Morgan fingerprint density at radius 2 is 1.72 bits per heavy atom. The highest BCUT2D eigenvalue weighted by molar-refractivity contribution is 7.98. The van der Waals surface area contributed by atoms with Gasteiger partial charge in [-0.25, -0.2) is 9.78 Å². The summed E-state index contributed by atoms with van der Waals surface area (Å²) in [4.78, 5) is 34.3. The maximum atomic E-state index is 13.5. The lowest BCUT2D eigenvalue weighted by molar-refractivity contribution is -0.143. The number of carbonyl (C=O) groups excluding carboxylic acids is 1. The highest BCUT2D eigenvalue weighted by Crippen LogP contribution is 2.25. The number of rotatable bonds is 11. The van der Waals surface area contributed by atoms with E-state index in [-0.39, 0.29) is 11.9 Å². The average molecular weight is 507 g/mol. The van der Waals surface area contributed by atoms with E-state index in [2.05, 4.69) is 32.8 Å². The number of likely N-dealkylation sites (tertiary alicyclic amines) is 1. The van der Waals surface area contributed by atoms with Gasteiger partial charge in [0.1, 0.15) is 6.04 Å². The van der Waals surface area contributed by atoms with E-state index in [1.54, 1.807) is 28.8 Å². The molecule has 1 fully saturated rings. The van der Waals surface area contributed by atoms with Crippen LogP contribution in [0.4, 0.5) is 0 Å². The van der Waals surface area contributed by atoms with Crippen molar-refractivity contribution in [1.82, 2.24) is 19.4 Å². The standard InChI is InChI=1S/C28H34N4O3S/c1-36-17-14-26(28(34)35)32(27(33)23-10-6-3-7-11-23)25-12-15-30(16-13-25)19-24-20-31(21-29-24)18-22-8-4-2-5-9-22/h2-11,20-21,25-26H,12-19H2,1H3,(H,34,35)/t26-/m0/s1. The number of aromatic nitrogens is 2. The third-order valence-electron chi connectivity index (χ3n) is 6.70. The van der Waals surface area contributed by atoms with Crippen LogP contribution in [-0.2, 0) is 17.9 Å². The zero-order valence-electron chi connectivity index (χ0n) is 20.7. The first-order valence-corrected chi connectivity index (χ1v) is 13.8. The Balaban J connectivity index is 1.40. The Morgan fingerprint density at radius 3 is 2.36 bits per heavy atom. The summed E-state index contributed by atoms with van der Waals surface area (Å²) in [5.74, 6) is -0.429. The van der Waals surface area contributed by atoms with Gasteiger partial charge < -0.3 is 14.6 Å². The Morgan fingerprint density at radius 1 is 1.06 bits per heavy atom. The largest absolute Gasteiger partial charge is 0.480 e. The number of aliphatic carboxylic acids is 1. The Hall–Kier alpha value is -3.10. The fourth-order valence-electron chi connectivity index (χ4n) is 4.86. The van der Waals surface area contributed by atoms with Crippen LogP contribution in [0.2, 0.25) is 0 Å². The van der Waals surface area contributed by atoms with E-state index in [0.29, 0.717) is 17.7 Å². The van der Waals surface area contributed by atoms with Crippen molar-refractivity contribution in [3.63, 3.8) is 0 Å². The van der Waals surface area contributed by atoms with Gasteiger partial charge in [-0.15, -0.1) is 0 Å². The molecular weight excluding hydrogens is 472 g/mol. The number of carboxylic acid groups (broad SMARTS) is 1. The third kappa shape index (κ3) is 6.77. The lowest BCUT2D eigenvalue weighted by Crippen LogP contribution is -2.54. The molecule has 1 amide bonds. The van der Waals surface area contributed by atoms with Crippen LogP contribution in [0.5, 0.6) is 0 Å². The summed E-state index contributed by atoms with van der Waals surface area (Å²) in [6.45, 7) is 3.13. The van der Waals surface area contributed by atoms with Crippen LogP contribution >= 0.6 is 11.8 Å². The smallest absolute Gasteiger partial charge is 0.326 e. The van der Waals surface area contributed by atoms with Crippen molar-refractivity contribution in [3.8, 4) is 0 Å². The molecule has 1 aliphatic heterocycles. The minimum absolute atomic E-state index is 0.104. The van der Waals surface area contributed by atoms with E-state index in [1.807, 2.05) is 49.0 Å². The highest BCUT2D eigenvalue weighted by atomic mass is 32.2. The fourth-order valence-corrected chi connectivity index (χ4v) is 5.32. The number of nitrogens with zero attached hydrogens (tertiary/aromatic N) is 4. The van der Waals surface area contributed by atoms with Crippen molar-refractivity contribution in [2.45, 2.75) is 44.4 Å². The lowest BCUT2D eigenvalue weighted by atomic mass is 9.98. The Labute approximate surface area is 217 Å². The summed E-state index contributed by atoms with van der Waals surface area (Å²) < 4.78 is 2.10. The predicted octanol–water partition coefficient (Wildman–Crippen LogP) is 4.24. The van der Waals surface area contributed by atoms with Crippen LogP contribution < -0.4 is 0 Å². The van der Waals surface area contributed by atoms with Gasteiger partial charge in [-0.3, -0.25) is 9.69 Å². The summed E-state index contributed by atoms with van der Waals surface area (Å²) in [6.07, 6.45) is 7.85. The first-order valence-electron chi connectivity index (χ1n) is 12.4. The number of carboxylic acids is 1. The molecule has 1 N–H and O–H groups in total. The summed E-state index contributed by atoms with van der Waals surface area (Å²) in [7, 11) is 0. The van der Waals surface area contributed by atoms with Crippen LogP contribution in [0.15, 0.2) is 73.2 Å². The zero-order chi connectivity index (χ0) is 25.3. The molecule has 1 aliphatic rings. The normalized spacial score (nSPS) is 15.5. The molecule has 3 aromatic rings. The van der Waals surface area contributed by atoms with Crippen LogP contribution in [0.25, 0.3) is 0 Å². The van der Waals surface area contributed by atoms with E-state index in [1.165, 1.54) is 5.56 Å². The Kier molecular flexibility index (Phi) is 9.19. The molecule has 2 aromatic carbocycles. The van der Waals surface area contributed by atoms with Gasteiger partial charge in [0.05, 0.1) is 12.0 Å². The molecule has 0 unspecified atom stereocenters. The van der Waals surface area contributed by atoms with Gasteiger partial charge in [0, 0.05) is 44.0 Å². The highest BCUT2D eigenvalue weighted by Gasteiger charge is 2.37. The maximum Gasteiger partial charge on any atom is 0.326 e. The van der Waals surface area contributed by atoms with Gasteiger partial charge in [0.15, 0.2) is 0 Å². The van der Waals surface area contributed by atoms with Gasteiger partial charge in [-0.1, -0.05) is 48.5 Å². The van der Waals surface area contributed by atoms with Crippen molar-refractivity contribution >= 4 is 23.6 Å². The molecule has 0 radical (unpaired) electrons. The first kappa shape index (κ1) is 26.0. The number of piperidine rings is 1. The van der Waals surface area contributed by atoms with Crippen molar-refractivity contribution in [3.05, 3.63) is 90.0 Å². The number of amides is 1. The summed E-state index contributed by atoms with van der Waals surface area (Å²) in [6, 6.07) is 18.4. The molecule has 4 rings (SSSR count). The average Bonchev–Trinajstić information content (AvgIpc) is 3.34. The SMILES string of the molecule is CSCC[C@@H](C(=O)O)N(C(=O)c1ccccc1)C1CCN(Cc2cn(Cc3ccccc3)cn2)CC1. The predicted molar refractivity (Wildman–Crippen MR) is 143 cm³/mol. The second kappa shape index (κ2) is 12.7. The van der Waals surface area contributed by atoms with Gasteiger partial charge in [-0.05, 0) is 49.0 Å². The molecule has 7 nitrogen and oxygen atoms in total. The number of hydrogen-bond acceptors (Lipinski definition) is 5. The van der Waals surface area contributed by atoms with Gasteiger partial charge in [0.2, 0.25) is 0 Å². The van der Waals surface area contributed by atoms with Crippen molar-refractivity contribution in [2.75, 3.05) is 25.1 Å². The zero-order valence-corrected chi connectivity index (χ0v) is 21.5. The molecular formula is C28H34N4O3S. The van der Waals surface area contributed by atoms with Gasteiger partial charge in [0.25, 0.3) is 5.91 Å². The summed E-state index contributed by atoms with van der Waals surface area (Å²) in [5.41, 5.74) is 2.80. The monoisotopic (exact) mass is 506 g/mol. The van der Waals surface area contributed by atoms with Crippen molar-refractivity contribution in [2.24, 2.45) is 0 Å². The molecule has 36 heavy (non-hydrogen) atoms. The Bertz CT molecular complexity index is 1110. The molecule has 2 heterocycles. The van der Waals surface area contributed by atoms with Crippen molar-refractivity contribution < 1.29 is 14.7 Å². The minimum Gasteiger partial charge on any atom is -0.480 e. The number of hydrogen-bond donors (Lipinski definition) is 1. The summed E-state index contributed by atoms with van der Waals surface area (Å²) >= 11 is 1.60. The fraction of sp³-hybridized carbons (Fsp3) is 0.393. The molecule has 190 valence electrons. The van der Waals surface area contributed by atoms with E-state index in [4.69, 9.17) is 0 Å².